The van der Waals surface area contributed by atoms with Crippen molar-refractivity contribution < 1.29 is 9.53 Å². The number of benzene rings is 2. The van der Waals surface area contributed by atoms with Crippen molar-refractivity contribution in [2.45, 2.75) is 6.92 Å². The number of aromatic nitrogens is 2. The van der Waals surface area contributed by atoms with Gasteiger partial charge in [0.15, 0.2) is 0 Å². The maximum Gasteiger partial charge on any atom is 0.274 e. The van der Waals surface area contributed by atoms with Crippen LogP contribution in [0.4, 0.5) is 17.3 Å². The molecule has 26 heavy (non-hydrogen) atoms. The lowest BCUT2D eigenvalue weighted by atomic mass is 10.2. The Morgan fingerprint density at radius 2 is 1.85 bits per heavy atom. The van der Waals surface area contributed by atoms with Crippen LogP contribution in [0.3, 0.4) is 0 Å². The molecule has 6 nitrogen and oxygen atoms in total. The normalized spacial score (nSPS) is 10.3. The van der Waals surface area contributed by atoms with Gasteiger partial charge in [-0.05, 0) is 43.3 Å². The summed E-state index contributed by atoms with van der Waals surface area (Å²) in [5.41, 5.74) is 2.21. The standard InChI is InChI=1S/C19H17ClN4O2/c1-12-10-16(24-19(21-12)22-14-6-4-3-5-7-14)18(25)23-15-11-13(20)8-9-17(15)26-2/h3-11H,1-2H3,(H,23,25)(H,21,22,24). The number of para-hydroxylation sites is 1. The summed E-state index contributed by atoms with van der Waals surface area (Å²) in [6, 6.07) is 16.1. The Kier molecular flexibility index (Phi) is 5.34. The molecule has 0 atom stereocenters. The molecule has 0 aliphatic carbocycles. The summed E-state index contributed by atoms with van der Waals surface area (Å²) in [6.45, 7) is 1.80. The van der Waals surface area contributed by atoms with E-state index in [4.69, 9.17) is 16.3 Å². The molecular formula is C19H17ClN4O2. The fourth-order valence-corrected chi connectivity index (χ4v) is 2.53. The van der Waals surface area contributed by atoms with Gasteiger partial charge >= 0.3 is 0 Å². The number of hydrogen-bond donors (Lipinski definition) is 2. The van der Waals surface area contributed by atoms with E-state index in [0.717, 1.165) is 5.69 Å². The molecular weight excluding hydrogens is 352 g/mol. The van der Waals surface area contributed by atoms with Crippen LogP contribution >= 0.6 is 11.6 Å². The summed E-state index contributed by atoms with van der Waals surface area (Å²) in [5, 5.41) is 6.35. The van der Waals surface area contributed by atoms with Gasteiger partial charge in [0, 0.05) is 16.4 Å². The summed E-state index contributed by atoms with van der Waals surface area (Å²) in [4.78, 5) is 21.2. The zero-order chi connectivity index (χ0) is 18.5. The Bertz CT molecular complexity index is 932. The first kappa shape index (κ1) is 17.7. The first-order chi connectivity index (χ1) is 12.5. The van der Waals surface area contributed by atoms with Gasteiger partial charge in [-0.3, -0.25) is 4.79 Å². The third-order valence-electron chi connectivity index (χ3n) is 3.53. The number of nitrogens with zero attached hydrogens (tertiary/aromatic N) is 2. The Morgan fingerprint density at radius 3 is 2.58 bits per heavy atom. The SMILES string of the molecule is COc1ccc(Cl)cc1NC(=O)c1cc(C)nc(Nc2ccccc2)n1. The molecule has 7 heteroatoms. The maximum absolute atomic E-state index is 12.6. The first-order valence-corrected chi connectivity index (χ1v) is 8.25. The average molecular weight is 369 g/mol. The number of hydrogen-bond acceptors (Lipinski definition) is 5. The lowest BCUT2D eigenvalue weighted by Gasteiger charge is -2.11. The topological polar surface area (TPSA) is 76.1 Å². The Hall–Kier alpha value is -3.12. The monoisotopic (exact) mass is 368 g/mol. The number of carbonyl (C=O) groups is 1. The molecule has 0 aliphatic heterocycles. The number of anilines is 3. The van der Waals surface area contributed by atoms with Gasteiger partial charge in [0.05, 0.1) is 12.8 Å². The van der Waals surface area contributed by atoms with Gasteiger partial charge in [-0.1, -0.05) is 29.8 Å². The molecule has 0 aliphatic rings. The molecule has 132 valence electrons. The van der Waals surface area contributed by atoms with E-state index in [1.807, 2.05) is 30.3 Å². The van der Waals surface area contributed by atoms with Crippen LogP contribution in [0.2, 0.25) is 5.02 Å². The van der Waals surface area contributed by atoms with Crippen LogP contribution < -0.4 is 15.4 Å². The fourth-order valence-electron chi connectivity index (χ4n) is 2.36. The lowest BCUT2D eigenvalue weighted by Crippen LogP contribution is -2.16. The summed E-state index contributed by atoms with van der Waals surface area (Å²) in [5.74, 6) is 0.475. The lowest BCUT2D eigenvalue weighted by molar-refractivity contribution is 0.102. The predicted octanol–water partition coefficient (Wildman–Crippen LogP) is 4.44. The van der Waals surface area contributed by atoms with Gasteiger partial charge in [0.2, 0.25) is 5.95 Å². The molecule has 2 N–H and O–H groups in total. The second-order valence-corrected chi connectivity index (χ2v) is 5.94. The van der Waals surface area contributed by atoms with E-state index in [0.29, 0.717) is 28.1 Å². The van der Waals surface area contributed by atoms with Gasteiger partial charge in [-0.2, -0.15) is 0 Å². The zero-order valence-electron chi connectivity index (χ0n) is 14.3. The molecule has 2 aromatic carbocycles. The molecule has 1 aromatic heterocycles. The van der Waals surface area contributed by atoms with Gasteiger partial charge < -0.3 is 15.4 Å². The van der Waals surface area contributed by atoms with E-state index in [2.05, 4.69) is 20.6 Å². The molecule has 3 aromatic rings. The quantitative estimate of drug-likeness (QED) is 0.696. The van der Waals surface area contributed by atoms with Crippen molar-refractivity contribution in [2.75, 3.05) is 17.7 Å². The number of nitrogens with one attached hydrogen (secondary N) is 2. The number of carbonyl (C=O) groups excluding carboxylic acids is 1. The molecule has 0 bridgehead atoms. The molecule has 1 heterocycles. The number of aryl methyl sites for hydroxylation is 1. The van der Waals surface area contributed by atoms with Crippen LogP contribution in [0.5, 0.6) is 5.75 Å². The number of amides is 1. The third kappa shape index (κ3) is 4.29. The second kappa shape index (κ2) is 7.84. The minimum absolute atomic E-state index is 0.234. The molecule has 0 spiro atoms. The number of halogens is 1. The average Bonchev–Trinajstić information content (AvgIpc) is 2.62. The van der Waals surface area contributed by atoms with Crippen molar-refractivity contribution in [3.8, 4) is 5.75 Å². The summed E-state index contributed by atoms with van der Waals surface area (Å²) in [7, 11) is 1.52. The smallest absolute Gasteiger partial charge is 0.274 e. The largest absolute Gasteiger partial charge is 0.495 e. The number of rotatable bonds is 5. The third-order valence-corrected chi connectivity index (χ3v) is 3.76. The molecule has 1 amide bonds. The van der Waals surface area contributed by atoms with Crippen molar-refractivity contribution in [3.63, 3.8) is 0 Å². The van der Waals surface area contributed by atoms with Crippen LogP contribution in [0.15, 0.2) is 54.6 Å². The maximum atomic E-state index is 12.6. The van der Waals surface area contributed by atoms with E-state index in [-0.39, 0.29) is 11.6 Å². The zero-order valence-corrected chi connectivity index (χ0v) is 15.0. The van der Waals surface area contributed by atoms with Crippen molar-refractivity contribution in [2.24, 2.45) is 0 Å². The first-order valence-electron chi connectivity index (χ1n) is 7.88. The van der Waals surface area contributed by atoms with Crippen LogP contribution in [0, 0.1) is 6.92 Å². The van der Waals surface area contributed by atoms with Crippen LogP contribution in [-0.4, -0.2) is 23.0 Å². The van der Waals surface area contributed by atoms with Crippen LogP contribution in [0.1, 0.15) is 16.2 Å². The molecule has 3 rings (SSSR count). The van der Waals surface area contributed by atoms with Crippen LogP contribution in [0.25, 0.3) is 0 Å². The van der Waals surface area contributed by atoms with Gasteiger partial charge in [-0.25, -0.2) is 9.97 Å². The molecule has 0 unspecified atom stereocenters. The fraction of sp³-hybridized carbons (Fsp3) is 0.105. The summed E-state index contributed by atoms with van der Waals surface area (Å²) < 4.78 is 5.25. The van der Waals surface area contributed by atoms with E-state index < -0.39 is 0 Å². The number of methoxy groups -OCH3 is 1. The van der Waals surface area contributed by atoms with Crippen molar-refractivity contribution >= 4 is 34.8 Å². The highest BCUT2D eigenvalue weighted by Gasteiger charge is 2.14. The minimum Gasteiger partial charge on any atom is -0.495 e. The molecule has 0 saturated heterocycles. The van der Waals surface area contributed by atoms with E-state index in [1.54, 1.807) is 31.2 Å². The summed E-state index contributed by atoms with van der Waals surface area (Å²) >= 11 is 6.00. The van der Waals surface area contributed by atoms with E-state index in [9.17, 15) is 4.79 Å². The Morgan fingerprint density at radius 1 is 1.08 bits per heavy atom. The summed E-state index contributed by atoms with van der Waals surface area (Å²) in [6.07, 6.45) is 0. The van der Waals surface area contributed by atoms with Gasteiger partial charge in [-0.15, -0.1) is 0 Å². The van der Waals surface area contributed by atoms with Gasteiger partial charge in [0.25, 0.3) is 5.91 Å². The Balaban J connectivity index is 1.85. The second-order valence-electron chi connectivity index (χ2n) is 5.51. The van der Waals surface area contributed by atoms with E-state index in [1.165, 1.54) is 7.11 Å². The highest BCUT2D eigenvalue weighted by molar-refractivity contribution is 6.31. The van der Waals surface area contributed by atoms with Gasteiger partial charge in [0.1, 0.15) is 11.4 Å². The van der Waals surface area contributed by atoms with Crippen molar-refractivity contribution in [1.82, 2.24) is 9.97 Å². The molecule has 0 radical (unpaired) electrons. The van der Waals surface area contributed by atoms with Crippen molar-refractivity contribution in [3.05, 3.63) is 71.0 Å². The number of ether oxygens (including phenoxy) is 1. The Labute approximate surface area is 156 Å². The predicted molar refractivity (Wildman–Crippen MR) is 102 cm³/mol. The molecule has 0 saturated carbocycles. The highest BCUT2D eigenvalue weighted by Crippen LogP contribution is 2.28. The van der Waals surface area contributed by atoms with Crippen molar-refractivity contribution in [1.29, 1.82) is 0 Å². The highest BCUT2D eigenvalue weighted by atomic mass is 35.5. The van der Waals surface area contributed by atoms with Crippen LogP contribution in [-0.2, 0) is 0 Å². The molecule has 0 fully saturated rings. The minimum atomic E-state index is -0.382. The van der Waals surface area contributed by atoms with E-state index >= 15 is 0 Å².